The number of benzene rings is 1. The van der Waals surface area contributed by atoms with Crippen LogP contribution in [0.1, 0.15) is 25.3 Å². The summed E-state index contributed by atoms with van der Waals surface area (Å²) in [5.41, 5.74) is -3.19. The van der Waals surface area contributed by atoms with Crippen molar-refractivity contribution in [1.29, 1.82) is 0 Å². The van der Waals surface area contributed by atoms with Gasteiger partial charge in [0, 0.05) is 24.3 Å². The molecule has 4 rings (SSSR count). The zero-order chi connectivity index (χ0) is 26.0. The van der Waals surface area contributed by atoms with E-state index in [2.05, 4.69) is 15.4 Å². The van der Waals surface area contributed by atoms with E-state index in [1.165, 1.54) is 16.7 Å². The summed E-state index contributed by atoms with van der Waals surface area (Å²) >= 11 is 0. The largest absolute Gasteiger partial charge is 0.423 e. The van der Waals surface area contributed by atoms with Crippen molar-refractivity contribution in [1.82, 2.24) is 19.7 Å². The molecule has 1 aromatic carbocycles. The number of aromatic amines is 1. The monoisotopic (exact) mass is 505 g/mol. The van der Waals surface area contributed by atoms with Gasteiger partial charge in [-0.15, -0.1) is 0 Å². The van der Waals surface area contributed by atoms with Crippen LogP contribution in [0.5, 0.6) is 0 Å². The molecule has 0 aliphatic rings. The van der Waals surface area contributed by atoms with Gasteiger partial charge in [-0.25, -0.2) is 13.9 Å². The molecule has 0 amide bonds. The number of fused-ring (bicyclic) bond motifs is 1. The second-order valence-corrected chi connectivity index (χ2v) is 8.27. The third-order valence-electron chi connectivity index (χ3n) is 5.65. The lowest BCUT2D eigenvalue weighted by molar-refractivity contribution is -0.138. The van der Waals surface area contributed by atoms with Crippen LogP contribution in [0.15, 0.2) is 58.5 Å². The maximum Gasteiger partial charge on any atom is 0.423 e. The Morgan fingerprint density at radius 1 is 1.11 bits per heavy atom. The number of rotatable bonds is 7. The molecule has 0 spiro atoms. The number of anilines is 1. The third kappa shape index (κ3) is 5.26. The molecular weight excluding hydrogens is 485 g/mol. The Hall–Kier alpha value is -4.09. The summed E-state index contributed by atoms with van der Waals surface area (Å²) in [7, 11) is 0. The molecule has 0 saturated heterocycles. The van der Waals surface area contributed by atoms with E-state index in [0.29, 0.717) is 18.2 Å². The van der Waals surface area contributed by atoms with Gasteiger partial charge in [-0.3, -0.25) is 14.6 Å². The van der Waals surface area contributed by atoms with E-state index in [9.17, 15) is 31.5 Å². The van der Waals surface area contributed by atoms with Gasteiger partial charge in [-0.2, -0.15) is 18.3 Å². The van der Waals surface area contributed by atoms with Gasteiger partial charge in [0.2, 0.25) is 0 Å². The van der Waals surface area contributed by atoms with Crippen LogP contribution in [0.3, 0.4) is 0 Å². The molecule has 0 fully saturated rings. The van der Waals surface area contributed by atoms with Crippen LogP contribution < -0.4 is 16.4 Å². The summed E-state index contributed by atoms with van der Waals surface area (Å²) in [5.74, 6) is -1.23. The van der Waals surface area contributed by atoms with Gasteiger partial charge in [0.1, 0.15) is 17.2 Å². The summed E-state index contributed by atoms with van der Waals surface area (Å²) < 4.78 is 68.8. The molecule has 0 aliphatic carbocycles. The first-order valence-electron chi connectivity index (χ1n) is 10.9. The fraction of sp³-hybridized carbons (Fsp3) is 0.250. The van der Waals surface area contributed by atoms with Gasteiger partial charge >= 0.3 is 6.18 Å². The van der Waals surface area contributed by atoms with Crippen LogP contribution >= 0.6 is 0 Å². The summed E-state index contributed by atoms with van der Waals surface area (Å²) in [5, 5.41) is 8.48. The minimum atomic E-state index is -4.85. The first-order valence-corrected chi connectivity index (χ1v) is 10.9. The maximum atomic E-state index is 14.7. The number of nitrogens with one attached hydrogen (secondary N) is 2. The highest BCUT2D eigenvalue weighted by molar-refractivity contribution is 5.86. The molecule has 3 heterocycles. The van der Waals surface area contributed by atoms with Crippen LogP contribution in [0.25, 0.3) is 22.0 Å². The van der Waals surface area contributed by atoms with E-state index in [0.717, 1.165) is 24.5 Å². The quantitative estimate of drug-likeness (QED) is 0.355. The number of pyridine rings is 2. The molecule has 0 unspecified atom stereocenters. The van der Waals surface area contributed by atoms with E-state index >= 15 is 0 Å². The van der Waals surface area contributed by atoms with Crippen LogP contribution in [-0.4, -0.2) is 25.8 Å². The highest BCUT2D eigenvalue weighted by Gasteiger charge is 2.37. The molecule has 36 heavy (non-hydrogen) atoms. The van der Waals surface area contributed by atoms with Crippen LogP contribution in [0.4, 0.5) is 27.6 Å². The molecule has 3 aromatic heterocycles. The first-order chi connectivity index (χ1) is 17.0. The number of nitrogens with zero attached hydrogens (tertiary/aromatic N) is 3. The molecular formula is C24H20F5N5O2. The van der Waals surface area contributed by atoms with Gasteiger partial charge in [0.05, 0.1) is 29.2 Å². The van der Waals surface area contributed by atoms with Gasteiger partial charge in [0.15, 0.2) is 0 Å². The predicted octanol–water partition coefficient (Wildman–Crippen LogP) is 4.72. The molecule has 0 bridgehead atoms. The highest BCUT2D eigenvalue weighted by Crippen LogP contribution is 2.32. The lowest BCUT2D eigenvalue weighted by Gasteiger charge is -2.18. The Kier molecular flexibility index (Phi) is 6.86. The van der Waals surface area contributed by atoms with Gasteiger partial charge in [-0.05, 0) is 55.5 Å². The zero-order valence-electron chi connectivity index (χ0n) is 18.9. The Morgan fingerprint density at radius 3 is 2.58 bits per heavy atom. The Morgan fingerprint density at radius 2 is 1.89 bits per heavy atom. The van der Waals surface area contributed by atoms with Crippen molar-refractivity contribution < 1.29 is 22.0 Å². The topological polar surface area (TPSA) is 92.7 Å². The molecule has 0 radical (unpaired) electrons. The maximum absolute atomic E-state index is 14.7. The zero-order valence-corrected chi connectivity index (χ0v) is 18.9. The summed E-state index contributed by atoms with van der Waals surface area (Å²) in [6.07, 6.45) is -0.637. The minimum Gasteiger partial charge on any atom is -0.381 e. The summed E-state index contributed by atoms with van der Waals surface area (Å²) in [4.78, 5) is 28.3. The third-order valence-corrected chi connectivity index (χ3v) is 5.65. The second kappa shape index (κ2) is 9.88. The summed E-state index contributed by atoms with van der Waals surface area (Å²) in [6, 6.07) is 6.26. The number of alkyl halides is 3. The van der Waals surface area contributed by atoms with E-state index in [-0.39, 0.29) is 23.2 Å². The Balaban J connectivity index is 1.47. The number of aromatic nitrogens is 4. The predicted molar refractivity (Wildman–Crippen MR) is 124 cm³/mol. The smallest absolute Gasteiger partial charge is 0.381 e. The molecule has 12 heteroatoms. The van der Waals surface area contributed by atoms with Crippen molar-refractivity contribution >= 4 is 16.5 Å². The standard InChI is InChI=1S/C24H20F5N5O2/c1-13(32-20-12-31-33-22(35)21(20)24(27,28)29)3-2-7-34-8-6-14-9-17(18(26)10-16(14)23(34)36)19-5-4-15(25)11-30-19/h4-6,8-13H,2-3,7H2,1H3,(H2,32,33,35)/t13-/m0/s1. The van der Waals surface area contributed by atoms with E-state index in [1.54, 1.807) is 24.3 Å². The van der Waals surface area contributed by atoms with E-state index < -0.39 is 46.2 Å². The fourth-order valence-corrected chi connectivity index (χ4v) is 3.91. The van der Waals surface area contributed by atoms with Crippen molar-refractivity contribution in [2.24, 2.45) is 0 Å². The lowest BCUT2D eigenvalue weighted by atomic mass is 10.0. The van der Waals surface area contributed by atoms with Crippen LogP contribution in [0, 0.1) is 11.6 Å². The highest BCUT2D eigenvalue weighted by atomic mass is 19.4. The van der Waals surface area contributed by atoms with Crippen molar-refractivity contribution in [2.75, 3.05) is 5.32 Å². The molecule has 7 nitrogen and oxygen atoms in total. The normalized spacial score (nSPS) is 12.6. The average molecular weight is 505 g/mol. The molecule has 4 aromatic rings. The van der Waals surface area contributed by atoms with E-state index in [1.807, 2.05) is 0 Å². The van der Waals surface area contributed by atoms with Crippen molar-refractivity contribution in [2.45, 2.75) is 38.5 Å². The molecule has 188 valence electrons. The van der Waals surface area contributed by atoms with Gasteiger partial charge in [-0.1, -0.05) is 0 Å². The number of H-pyrrole nitrogens is 1. The summed E-state index contributed by atoms with van der Waals surface area (Å²) in [6.45, 7) is 1.88. The fourth-order valence-electron chi connectivity index (χ4n) is 3.91. The Bertz CT molecular complexity index is 1510. The molecule has 0 saturated carbocycles. The molecule has 1 atom stereocenters. The van der Waals surface area contributed by atoms with Crippen LogP contribution in [-0.2, 0) is 12.7 Å². The average Bonchev–Trinajstić information content (AvgIpc) is 2.80. The molecule has 2 N–H and O–H groups in total. The first kappa shape index (κ1) is 25.0. The van der Waals surface area contributed by atoms with Crippen molar-refractivity contribution in [3.05, 3.63) is 86.8 Å². The van der Waals surface area contributed by atoms with Crippen LogP contribution in [0.2, 0.25) is 0 Å². The van der Waals surface area contributed by atoms with Crippen molar-refractivity contribution in [3.63, 3.8) is 0 Å². The second-order valence-electron chi connectivity index (χ2n) is 8.27. The van der Waals surface area contributed by atoms with Gasteiger partial charge < -0.3 is 9.88 Å². The van der Waals surface area contributed by atoms with E-state index in [4.69, 9.17) is 0 Å². The number of aryl methyl sites for hydroxylation is 1. The lowest BCUT2D eigenvalue weighted by Crippen LogP contribution is -2.27. The van der Waals surface area contributed by atoms with Crippen molar-refractivity contribution in [3.8, 4) is 11.3 Å². The number of hydrogen-bond donors (Lipinski definition) is 2. The number of hydrogen-bond acceptors (Lipinski definition) is 5. The minimum absolute atomic E-state index is 0.131. The van der Waals surface area contributed by atoms with Gasteiger partial charge in [0.25, 0.3) is 11.1 Å². The Labute approximate surface area is 200 Å². The SMILES string of the molecule is C[C@@H](CCCn1ccc2cc(-c3ccc(F)cn3)c(F)cc2c1=O)Nc1cn[nH]c(=O)c1C(F)(F)F. The number of halogens is 5. The molecule has 0 aliphatic heterocycles.